The van der Waals surface area contributed by atoms with E-state index in [1.165, 1.54) is 44.9 Å². The minimum absolute atomic E-state index is 0. The summed E-state index contributed by atoms with van der Waals surface area (Å²) in [7, 11) is 1.61. The summed E-state index contributed by atoms with van der Waals surface area (Å²) in [5.41, 5.74) is 0. The minimum Gasteiger partial charge on any atom is -0.463 e. The van der Waals surface area contributed by atoms with E-state index in [-0.39, 0.29) is 12.1 Å². The molecule has 4 heteroatoms. The molecular formula is C15H33NO3. The van der Waals surface area contributed by atoms with Gasteiger partial charge in [0.2, 0.25) is 0 Å². The standard InChI is InChI=1S/C15H30O3.H3N/c1-3-4-5-6-7-8-9-10-11-12-15(16)18-14-13-17-2;/h3-14H2,1-2H3;1H3. The van der Waals surface area contributed by atoms with Gasteiger partial charge in [0, 0.05) is 13.5 Å². The van der Waals surface area contributed by atoms with Crippen LogP contribution in [0.15, 0.2) is 0 Å². The zero-order chi connectivity index (χ0) is 13.5. The van der Waals surface area contributed by atoms with Gasteiger partial charge < -0.3 is 15.6 Å². The molecule has 0 saturated carbocycles. The summed E-state index contributed by atoms with van der Waals surface area (Å²) in [6.45, 7) is 3.11. The molecule has 0 aromatic heterocycles. The Labute approximate surface area is 118 Å². The molecule has 0 unspecified atom stereocenters. The highest BCUT2D eigenvalue weighted by Crippen LogP contribution is 2.10. The summed E-state index contributed by atoms with van der Waals surface area (Å²) in [5, 5.41) is 0. The third-order valence-electron chi connectivity index (χ3n) is 3.03. The second-order valence-corrected chi connectivity index (χ2v) is 4.79. The van der Waals surface area contributed by atoms with E-state index in [2.05, 4.69) is 6.92 Å². The van der Waals surface area contributed by atoms with E-state index in [4.69, 9.17) is 9.47 Å². The summed E-state index contributed by atoms with van der Waals surface area (Å²) in [6.07, 6.45) is 12.0. The molecule has 0 atom stereocenters. The van der Waals surface area contributed by atoms with Crippen LogP contribution >= 0.6 is 0 Å². The lowest BCUT2D eigenvalue weighted by atomic mass is 10.1. The van der Waals surface area contributed by atoms with Gasteiger partial charge in [-0.25, -0.2) is 0 Å². The predicted octanol–water partition coefficient (Wildman–Crippen LogP) is 4.26. The fourth-order valence-corrected chi connectivity index (χ4v) is 1.89. The summed E-state index contributed by atoms with van der Waals surface area (Å²) < 4.78 is 9.80. The molecule has 0 aliphatic heterocycles. The maximum atomic E-state index is 11.2. The number of rotatable bonds is 13. The van der Waals surface area contributed by atoms with Crippen LogP contribution in [-0.2, 0) is 14.3 Å². The van der Waals surface area contributed by atoms with Gasteiger partial charge in [-0.05, 0) is 6.42 Å². The lowest BCUT2D eigenvalue weighted by molar-refractivity contribution is -0.145. The number of carbonyl (C=O) groups is 1. The number of hydrogen-bond donors (Lipinski definition) is 1. The van der Waals surface area contributed by atoms with Gasteiger partial charge in [-0.1, -0.05) is 58.3 Å². The van der Waals surface area contributed by atoms with E-state index < -0.39 is 0 Å². The van der Waals surface area contributed by atoms with E-state index in [1.807, 2.05) is 0 Å². The van der Waals surface area contributed by atoms with E-state index in [0.717, 1.165) is 12.8 Å². The first-order valence-corrected chi connectivity index (χ1v) is 7.45. The first-order chi connectivity index (χ1) is 8.81. The second kappa shape index (κ2) is 17.4. The lowest BCUT2D eigenvalue weighted by Crippen LogP contribution is -2.09. The summed E-state index contributed by atoms with van der Waals surface area (Å²) in [5.74, 6) is -0.0880. The fraction of sp³-hybridized carbons (Fsp3) is 0.933. The molecule has 0 saturated heterocycles. The van der Waals surface area contributed by atoms with Gasteiger partial charge in [0.1, 0.15) is 6.61 Å². The van der Waals surface area contributed by atoms with Crippen molar-refractivity contribution in [3.8, 4) is 0 Å². The highest BCUT2D eigenvalue weighted by molar-refractivity contribution is 5.69. The average Bonchev–Trinajstić information content (AvgIpc) is 2.37. The molecular weight excluding hydrogens is 242 g/mol. The Bertz CT molecular complexity index is 186. The minimum atomic E-state index is -0.0880. The molecule has 0 rings (SSSR count). The molecule has 0 aromatic carbocycles. The molecule has 0 aliphatic carbocycles. The van der Waals surface area contributed by atoms with Crippen molar-refractivity contribution in [1.82, 2.24) is 6.15 Å². The van der Waals surface area contributed by atoms with E-state index in [9.17, 15) is 4.79 Å². The van der Waals surface area contributed by atoms with Crippen molar-refractivity contribution in [3.63, 3.8) is 0 Å². The van der Waals surface area contributed by atoms with Crippen LogP contribution in [0.1, 0.15) is 71.1 Å². The van der Waals surface area contributed by atoms with Crippen molar-refractivity contribution < 1.29 is 14.3 Å². The highest BCUT2D eigenvalue weighted by atomic mass is 16.6. The normalized spacial score (nSPS) is 10.0. The molecule has 0 radical (unpaired) electrons. The van der Waals surface area contributed by atoms with Crippen LogP contribution in [0.2, 0.25) is 0 Å². The molecule has 0 aliphatic rings. The third-order valence-corrected chi connectivity index (χ3v) is 3.03. The molecule has 116 valence electrons. The van der Waals surface area contributed by atoms with Crippen molar-refractivity contribution in [1.29, 1.82) is 0 Å². The first-order valence-electron chi connectivity index (χ1n) is 7.45. The van der Waals surface area contributed by atoms with Crippen LogP contribution < -0.4 is 6.15 Å². The molecule has 0 spiro atoms. The van der Waals surface area contributed by atoms with Gasteiger partial charge in [0.25, 0.3) is 0 Å². The van der Waals surface area contributed by atoms with Gasteiger partial charge in [-0.15, -0.1) is 0 Å². The predicted molar refractivity (Wildman–Crippen MR) is 79.7 cm³/mol. The van der Waals surface area contributed by atoms with E-state index >= 15 is 0 Å². The number of methoxy groups -OCH3 is 1. The van der Waals surface area contributed by atoms with Crippen molar-refractivity contribution in [3.05, 3.63) is 0 Å². The van der Waals surface area contributed by atoms with Crippen molar-refractivity contribution in [2.75, 3.05) is 20.3 Å². The summed E-state index contributed by atoms with van der Waals surface area (Å²) in [6, 6.07) is 0. The Balaban J connectivity index is 0. The Morgan fingerprint density at radius 1 is 0.842 bits per heavy atom. The number of ether oxygens (including phenoxy) is 2. The van der Waals surface area contributed by atoms with Crippen LogP contribution in [0.4, 0.5) is 0 Å². The Morgan fingerprint density at radius 3 is 1.89 bits per heavy atom. The SMILES string of the molecule is CCCCCCCCCCCC(=O)OCCOC.N. The molecule has 19 heavy (non-hydrogen) atoms. The number of hydrogen-bond acceptors (Lipinski definition) is 4. The lowest BCUT2D eigenvalue weighted by Gasteiger charge is -2.04. The van der Waals surface area contributed by atoms with Crippen LogP contribution in [-0.4, -0.2) is 26.3 Å². The average molecular weight is 275 g/mol. The molecule has 3 N–H and O–H groups in total. The van der Waals surface area contributed by atoms with E-state index in [0.29, 0.717) is 19.6 Å². The molecule has 0 fully saturated rings. The molecule has 4 nitrogen and oxygen atoms in total. The number of esters is 1. The van der Waals surface area contributed by atoms with E-state index in [1.54, 1.807) is 7.11 Å². The maximum Gasteiger partial charge on any atom is 0.305 e. The van der Waals surface area contributed by atoms with Crippen LogP contribution in [0.3, 0.4) is 0 Å². The highest BCUT2D eigenvalue weighted by Gasteiger charge is 2.01. The van der Waals surface area contributed by atoms with Gasteiger partial charge in [-0.2, -0.15) is 0 Å². The monoisotopic (exact) mass is 275 g/mol. The third kappa shape index (κ3) is 17.4. The van der Waals surface area contributed by atoms with Gasteiger partial charge >= 0.3 is 5.97 Å². The Kier molecular flexibility index (Phi) is 18.9. The Hall–Kier alpha value is -0.610. The van der Waals surface area contributed by atoms with Gasteiger partial charge in [-0.3, -0.25) is 4.79 Å². The number of carbonyl (C=O) groups excluding carboxylic acids is 1. The van der Waals surface area contributed by atoms with Crippen LogP contribution in [0, 0.1) is 0 Å². The largest absolute Gasteiger partial charge is 0.463 e. The molecule has 0 amide bonds. The topological polar surface area (TPSA) is 70.5 Å². The fourth-order valence-electron chi connectivity index (χ4n) is 1.89. The maximum absolute atomic E-state index is 11.2. The smallest absolute Gasteiger partial charge is 0.305 e. The summed E-state index contributed by atoms with van der Waals surface area (Å²) in [4.78, 5) is 11.2. The quantitative estimate of drug-likeness (QED) is 0.403. The van der Waals surface area contributed by atoms with Crippen LogP contribution in [0.25, 0.3) is 0 Å². The van der Waals surface area contributed by atoms with Crippen molar-refractivity contribution in [2.45, 2.75) is 71.1 Å². The van der Waals surface area contributed by atoms with Gasteiger partial charge in [0.05, 0.1) is 6.61 Å². The zero-order valence-electron chi connectivity index (χ0n) is 12.9. The van der Waals surface area contributed by atoms with Gasteiger partial charge in [0.15, 0.2) is 0 Å². The first kappa shape index (κ1) is 20.7. The molecule has 0 bridgehead atoms. The number of unbranched alkanes of at least 4 members (excludes halogenated alkanes) is 8. The second-order valence-electron chi connectivity index (χ2n) is 4.79. The zero-order valence-corrected chi connectivity index (χ0v) is 12.9. The summed E-state index contributed by atoms with van der Waals surface area (Å²) >= 11 is 0. The van der Waals surface area contributed by atoms with Crippen molar-refractivity contribution >= 4 is 5.97 Å². The molecule has 0 aromatic rings. The Morgan fingerprint density at radius 2 is 1.37 bits per heavy atom. The van der Waals surface area contributed by atoms with Crippen molar-refractivity contribution in [2.24, 2.45) is 0 Å². The van der Waals surface area contributed by atoms with Crippen LogP contribution in [0.5, 0.6) is 0 Å². The molecule has 0 heterocycles.